The summed E-state index contributed by atoms with van der Waals surface area (Å²) in [6.45, 7) is 1.90. The summed E-state index contributed by atoms with van der Waals surface area (Å²) in [5.41, 5.74) is 10.8. The van der Waals surface area contributed by atoms with Crippen LogP contribution < -0.4 is 11.5 Å². The minimum absolute atomic E-state index is 0.0352. The fourth-order valence-corrected chi connectivity index (χ4v) is 2.34. The number of carbonyl (C=O) groups excluding carboxylic acids is 1. The first kappa shape index (κ1) is 13.8. The molecular weight excluding hydrogens is 243 g/mol. The zero-order valence-electron chi connectivity index (χ0n) is 9.44. The van der Waals surface area contributed by atoms with Crippen LogP contribution in [0.3, 0.4) is 0 Å². The molecule has 5 N–H and O–H groups in total. The molecule has 0 aliphatic heterocycles. The van der Waals surface area contributed by atoms with Gasteiger partial charge in [-0.1, -0.05) is 6.92 Å². The third-order valence-corrected chi connectivity index (χ3v) is 3.44. The van der Waals surface area contributed by atoms with E-state index in [0.29, 0.717) is 11.3 Å². The second-order valence-corrected chi connectivity index (χ2v) is 5.16. The van der Waals surface area contributed by atoms with Gasteiger partial charge in [-0.2, -0.15) is 0 Å². The number of nitrogen functional groups attached to an aromatic ring is 1. The summed E-state index contributed by atoms with van der Waals surface area (Å²) in [6, 6.07) is 2.44. The Morgan fingerprint density at radius 3 is 2.76 bits per heavy atom. The predicted molar refractivity (Wildman–Crippen MR) is 66.4 cm³/mol. The van der Waals surface area contributed by atoms with Crippen LogP contribution in [0.5, 0.6) is 0 Å². The minimum Gasteiger partial charge on any atom is -0.398 e. The van der Waals surface area contributed by atoms with E-state index in [9.17, 15) is 9.18 Å². The molecular formula is C11H15FN2O2S. The van der Waals surface area contributed by atoms with Crippen molar-refractivity contribution in [2.24, 2.45) is 5.73 Å². The average Bonchev–Trinajstić information content (AvgIpc) is 2.21. The van der Waals surface area contributed by atoms with Gasteiger partial charge in [-0.25, -0.2) is 4.39 Å². The summed E-state index contributed by atoms with van der Waals surface area (Å²) in [5, 5.41) is 8.81. The molecule has 1 unspecified atom stereocenters. The molecule has 0 aliphatic rings. The van der Waals surface area contributed by atoms with Gasteiger partial charge in [0.05, 0.1) is 5.56 Å². The van der Waals surface area contributed by atoms with Gasteiger partial charge in [-0.05, 0) is 18.6 Å². The number of nitrogens with two attached hydrogens (primary N) is 2. The van der Waals surface area contributed by atoms with Crippen LogP contribution in [0.4, 0.5) is 10.1 Å². The predicted octanol–water partition coefficient (Wildman–Crippen LogP) is 1.37. The van der Waals surface area contributed by atoms with Crippen molar-refractivity contribution >= 4 is 23.4 Å². The Morgan fingerprint density at radius 2 is 2.24 bits per heavy atom. The van der Waals surface area contributed by atoms with Crippen molar-refractivity contribution in [1.82, 2.24) is 0 Å². The van der Waals surface area contributed by atoms with Crippen molar-refractivity contribution in [3.8, 4) is 0 Å². The lowest BCUT2D eigenvalue weighted by molar-refractivity contribution is 0.100. The Kier molecular flexibility index (Phi) is 4.77. The first-order chi connectivity index (χ1) is 7.95. The van der Waals surface area contributed by atoms with Gasteiger partial charge in [0.25, 0.3) is 5.91 Å². The number of hydrogen-bond donors (Lipinski definition) is 3. The molecule has 1 amide bonds. The fourth-order valence-electron chi connectivity index (χ4n) is 1.33. The van der Waals surface area contributed by atoms with E-state index < -0.39 is 11.7 Å². The third-order valence-electron chi connectivity index (χ3n) is 2.23. The molecule has 0 saturated carbocycles. The lowest BCUT2D eigenvalue weighted by Gasteiger charge is -2.12. The number of halogens is 1. The second kappa shape index (κ2) is 5.88. The molecule has 0 spiro atoms. The zero-order valence-corrected chi connectivity index (χ0v) is 10.3. The number of primary amides is 1. The van der Waals surface area contributed by atoms with E-state index in [1.165, 1.54) is 17.8 Å². The molecule has 1 atom stereocenters. The van der Waals surface area contributed by atoms with Gasteiger partial charge in [0.2, 0.25) is 0 Å². The maximum absolute atomic E-state index is 13.6. The quantitative estimate of drug-likeness (QED) is 0.549. The number of aliphatic hydroxyl groups is 1. The highest BCUT2D eigenvalue weighted by molar-refractivity contribution is 8.00. The number of benzene rings is 1. The number of amides is 1. The number of anilines is 1. The third kappa shape index (κ3) is 3.61. The van der Waals surface area contributed by atoms with Gasteiger partial charge < -0.3 is 16.6 Å². The zero-order chi connectivity index (χ0) is 13.0. The Morgan fingerprint density at radius 1 is 1.59 bits per heavy atom. The van der Waals surface area contributed by atoms with Crippen molar-refractivity contribution in [3.63, 3.8) is 0 Å². The summed E-state index contributed by atoms with van der Waals surface area (Å²) in [6.07, 6.45) is 0.542. The highest BCUT2D eigenvalue weighted by Gasteiger charge is 2.14. The molecule has 0 radical (unpaired) electrons. The number of aliphatic hydroxyl groups excluding tert-OH is 1. The second-order valence-electron chi connectivity index (χ2n) is 3.67. The summed E-state index contributed by atoms with van der Waals surface area (Å²) < 4.78 is 13.6. The van der Waals surface area contributed by atoms with E-state index in [0.717, 1.165) is 6.07 Å². The molecule has 0 heterocycles. The van der Waals surface area contributed by atoms with E-state index in [2.05, 4.69) is 0 Å². The minimum atomic E-state index is -0.681. The largest absolute Gasteiger partial charge is 0.398 e. The van der Waals surface area contributed by atoms with E-state index >= 15 is 0 Å². The Labute approximate surface area is 103 Å². The van der Waals surface area contributed by atoms with Gasteiger partial charge in [0.15, 0.2) is 0 Å². The lowest BCUT2D eigenvalue weighted by Crippen LogP contribution is -2.14. The Balaban J connectivity index is 2.99. The van der Waals surface area contributed by atoms with Crippen molar-refractivity contribution < 1.29 is 14.3 Å². The highest BCUT2D eigenvalue weighted by Crippen LogP contribution is 2.30. The molecule has 4 nitrogen and oxygen atoms in total. The van der Waals surface area contributed by atoms with Crippen LogP contribution in [-0.2, 0) is 0 Å². The first-order valence-electron chi connectivity index (χ1n) is 5.12. The van der Waals surface area contributed by atoms with Crippen LogP contribution in [0.25, 0.3) is 0 Å². The fraction of sp³-hybridized carbons (Fsp3) is 0.364. The maximum atomic E-state index is 13.6. The standard InChI is InChI=1S/C11H15FN2O2S/c1-6(2-3-15)17-10-4-7(11(14)16)9(13)5-8(10)12/h4-6,15H,2-3,13H2,1H3,(H2,14,16). The molecule has 0 aromatic heterocycles. The molecule has 0 fully saturated rings. The Hall–Kier alpha value is -1.27. The van der Waals surface area contributed by atoms with Crippen LogP contribution >= 0.6 is 11.8 Å². The normalized spacial score (nSPS) is 12.4. The van der Waals surface area contributed by atoms with E-state index in [4.69, 9.17) is 16.6 Å². The smallest absolute Gasteiger partial charge is 0.250 e. The number of hydrogen-bond acceptors (Lipinski definition) is 4. The SMILES string of the molecule is CC(CCO)Sc1cc(C(N)=O)c(N)cc1F. The maximum Gasteiger partial charge on any atom is 0.250 e. The molecule has 1 rings (SSSR count). The van der Waals surface area contributed by atoms with Crippen LogP contribution in [0.2, 0.25) is 0 Å². The summed E-state index contributed by atoms with van der Waals surface area (Å²) in [4.78, 5) is 11.4. The Bertz CT molecular complexity index is 426. The van der Waals surface area contributed by atoms with Crippen LogP contribution in [-0.4, -0.2) is 22.9 Å². The number of rotatable bonds is 5. The summed E-state index contributed by atoms with van der Waals surface area (Å²) in [7, 11) is 0. The van der Waals surface area contributed by atoms with E-state index in [1.807, 2.05) is 6.92 Å². The van der Waals surface area contributed by atoms with Crippen LogP contribution in [0.1, 0.15) is 23.7 Å². The molecule has 0 aliphatic carbocycles. The van der Waals surface area contributed by atoms with Crippen molar-refractivity contribution in [1.29, 1.82) is 0 Å². The van der Waals surface area contributed by atoms with Crippen molar-refractivity contribution in [3.05, 3.63) is 23.5 Å². The number of thioether (sulfide) groups is 1. The van der Waals surface area contributed by atoms with Crippen molar-refractivity contribution in [2.75, 3.05) is 12.3 Å². The van der Waals surface area contributed by atoms with Gasteiger partial charge in [-0.15, -0.1) is 11.8 Å². The van der Waals surface area contributed by atoms with E-state index in [1.54, 1.807) is 0 Å². The van der Waals surface area contributed by atoms with Gasteiger partial charge in [0, 0.05) is 22.4 Å². The van der Waals surface area contributed by atoms with Crippen LogP contribution in [0.15, 0.2) is 17.0 Å². The van der Waals surface area contributed by atoms with Crippen molar-refractivity contribution in [2.45, 2.75) is 23.5 Å². The average molecular weight is 258 g/mol. The molecule has 0 bridgehead atoms. The summed E-state index contributed by atoms with van der Waals surface area (Å²) >= 11 is 1.24. The van der Waals surface area contributed by atoms with Gasteiger partial charge in [0.1, 0.15) is 5.82 Å². The molecule has 6 heteroatoms. The van der Waals surface area contributed by atoms with Gasteiger partial charge in [-0.3, -0.25) is 4.79 Å². The van der Waals surface area contributed by atoms with E-state index in [-0.39, 0.29) is 23.1 Å². The lowest BCUT2D eigenvalue weighted by atomic mass is 10.1. The molecule has 1 aromatic rings. The monoisotopic (exact) mass is 258 g/mol. The number of carbonyl (C=O) groups is 1. The molecule has 0 saturated heterocycles. The van der Waals surface area contributed by atoms with Gasteiger partial charge >= 0.3 is 0 Å². The molecule has 94 valence electrons. The highest BCUT2D eigenvalue weighted by atomic mass is 32.2. The molecule has 1 aromatic carbocycles. The summed E-state index contributed by atoms with van der Waals surface area (Å²) in [5.74, 6) is -1.17. The molecule has 17 heavy (non-hydrogen) atoms. The van der Waals surface area contributed by atoms with Crippen LogP contribution in [0, 0.1) is 5.82 Å². The topological polar surface area (TPSA) is 89.3 Å². The first-order valence-corrected chi connectivity index (χ1v) is 6.00.